The van der Waals surface area contributed by atoms with Crippen LogP contribution in [0.3, 0.4) is 0 Å². The molecule has 1 aromatic heterocycles. The van der Waals surface area contributed by atoms with Crippen LogP contribution in [0, 0.1) is 13.8 Å². The van der Waals surface area contributed by atoms with E-state index >= 15 is 0 Å². The van der Waals surface area contributed by atoms with E-state index in [9.17, 15) is 4.79 Å². The number of rotatable bonds is 5. The van der Waals surface area contributed by atoms with Crippen molar-refractivity contribution in [3.05, 3.63) is 52.3 Å². The van der Waals surface area contributed by atoms with Crippen molar-refractivity contribution in [3.8, 4) is 0 Å². The third kappa shape index (κ3) is 3.26. The van der Waals surface area contributed by atoms with Gasteiger partial charge in [-0.2, -0.15) is 5.10 Å². The lowest BCUT2D eigenvalue weighted by Crippen LogP contribution is -2.08. The number of nitrogens with one attached hydrogen (secondary N) is 1. The summed E-state index contributed by atoms with van der Waals surface area (Å²) >= 11 is 0. The first-order valence-corrected chi connectivity index (χ1v) is 6.88. The Labute approximate surface area is 119 Å². The van der Waals surface area contributed by atoms with Gasteiger partial charge in [0.2, 0.25) is 0 Å². The molecule has 0 atom stereocenters. The minimum Gasteiger partial charge on any atom is -0.462 e. The third-order valence-corrected chi connectivity index (χ3v) is 3.46. The van der Waals surface area contributed by atoms with Gasteiger partial charge >= 0.3 is 5.97 Å². The van der Waals surface area contributed by atoms with Crippen LogP contribution in [0.4, 0.5) is 0 Å². The second kappa shape index (κ2) is 6.37. The molecule has 20 heavy (non-hydrogen) atoms. The zero-order valence-electron chi connectivity index (χ0n) is 12.2. The van der Waals surface area contributed by atoms with Crippen molar-refractivity contribution in [2.24, 2.45) is 0 Å². The summed E-state index contributed by atoms with van der Waals surface area (Å²) in [7, 11) is 0. The van der Waals surface area contributed by atoms with E-state index in [0.29, 0.717) is 18.6 Å². The number of hydrogen-bond acceptors (Lipinski definition) is 3. The highest BCUT2D eigenvalue weighted by Gasteiger charge is 2.09. The summed E-state index contributed by atoms with van der Waals surface area (Å²) in [5, 5.41) is 7.05. The maximum atomic E-state index is 11.9. The van der Waals surface area contributed by atoms with E-state index in [0.717, 1.165) is 23.4 Å². The molecule has 0 aliphatic rings. The molecular formula is C16H20N2O2. The monoisotopic (exact) mass is 272 g/mol. The number of carbonyl (C=O) groups excluding carboxylic acids is 1. The van der Waals surface area contributed by atoms with Crippen LogP contribution in [0.25, 0.3) is 0 Å². The van der Waals surface area contributed by atoms with Gasteiger partial charge in [0.25, 0.3) is 0 Å². The highest BCUT2D eigenvalue weighted by atomic mass is 16.5. The number of carbonyl (C=O) groups is 1. The Bertz CT molecular complexity index is 566. The number of ether oxygens (including phenoxy) is 1. The second-order valence-corrected chi connectivity index (χ2v) is 4.85. The summed E-state index contributed by atoms with van der Waals surface area (Å²) in [4.78, 5) is 11.9. The smallest absolute Gasteiger partial charge is 0.338 e. The van der Waals surface area contributed by atoms with Crippen LogP contribution in [0.5, 0.6) is 0 Å². The topological polar surface area (TPSA) is 55.0 Å². The average molecular weight is 272 g/mol. The van der Waals surface area contributed by atoms with Gasteiger partial charge in [0, 0.05) is 12.1 Å². The van der Waals surface area contributed by atoms with Gasteiger partial charge in [-0.1, -0.05) is 19.1 Å². The number of aromatic amines is 1. The van der Waals surface area contributed by atoms with Crippen molar-refractivity contribution in [2.45, 2.75) is 33.6 Å². The maximum Gasteiger partial charge on any atom is 0.338 e. The van der Waals surface area contributed by atoms with E-state index in [4.69, 9.17) is 4.74 Å². The first-order valence-electron chi connectivity index (χ1n) is 6.88. The van der Waals surface area contributed by atoms with Gasteiger partial charge in [-0.25, -0.2) is 4.79 Å². The van der Waals surface area contributed by atoms with Gasteiger partial charge in [-0.3, -0.25) is 5.10 Å². The normalized spacial score (nSPS) is 10.6. The molecule has 2 aromatic rings. The molecule has 2 rings (SSSR count). The molecule has 1 aromatic carbocycles. The number of esters is 1. The fourth-order valence-electron chi connectivity index (χ4n) is 2.15. The lowest BCUT2D eigenvalue weighted by molar-refractivity contribution is 0.0509. The minimum atomic E-state index is -0.272. The predicted molar refractivity (Wildman–Crippen MR) is 77.9 cm³/mol. The molecule has 0 saturated heterocycles. The van der Waals surface area contributed by atoms with Crippen LogP contribution in [-0.4, -0.2) is 22.8 Å². The summed E-state index contributed by atoms with van der Waals surface area (Å²) in [6.07, 6.45) is 1.65. The fraction of sp³-hybridized carbons (Fsp3) is 0.375. The van der Waals surface area contributed by atoms with E-state index in [2.05, 4.69) is 17.1 Å². The third-order valence-electron chi connectivity index (χ3n) is 3.46. The van der Waals surface area contributed by atoms with Crippen molar-refractivity contribution in [1.29, 1.82) is 0 Å². The van der Waals surface area contributed by atoms with Crippen LogP contribution < -0.4 is 0 Å². The van der Waals surface area contributed by atoms with E-state index < -0.39 is 0 Å². The zero-order chi connectivity index (χ0) is 14.5. The van der Waals surface area contributed by atoms with Crippen LogP contribution in [0.2, 0.25) is 0 Å². The number of hydrogen-bond donors (Lipinski definition) is 1. The lowest BCUT2D eigenvalue weighted by Gasteiger charge is -2.06. The van der Waals surface area contributed by atoms with Gasteiger partial charge in [0.05, 0.1) is 17.9 Å². The highest BCUT2D eigenvalue weighted by molar-refractivity contribution is 5.89. The van der Waals surface area contributed by atoms with Gasteiger partial charge in [-0.05, 0) is 43.5 Å². The molecule has 4 nitrogen and oxygen atoms in total. The SMILES string of the molecule is CCc1ccc(C(=O)OCCc2c(C)n[nH]c2C)cc1. The zero-order valence-corrected chi connectivity index (χ0v) is 12.2. The average Bonchev–Trinajstić information content (AvgIpc) is 2.79. The molecule has 0 aliphatic carbocycles. The Morgan fingerprint density at radius 2 is 1.95 bits per heavy atom. The van der Waals surface area contributed by atoms with Crippen molar-refractivity contribution in [3.63, 3.8) is 0 Å². The summed E-state index contributed by atoms with van der Waals surface area (Å²) in [6.45, 7) is 6.38. The lowest BCUT2D eigenvalue weighted by atomic mass is 10.1. The molecule has 0 spiro atoms. The van der Waals surface area contributed by atoms with E-state index in [1.54, 1.807) is 0 Å². The standard InChI is InChI=1S/C16H20N2O2/c1-4-13-5-7-14(8-6-13)16(19)20-10-9-15-11(2)17-18-12(15)3/h5-8H,4,9-10H2,1-3H3,(H,17,18). The predicted octanol–water partition coefficient (Wildman–Crippen LogP) is 2.99. The van der Waals surface area contributed by atoms with Gasteiger partial charge in [0.1, 0.15) is 0 Å². The molecular weight excluding hydrogens is 252 g/mol. The molecule has 0 amide bonds. The molecule has 0 aliphatic heterocycles. The van der Waals surface area contributed by atoms with Crippen LogP contribution in [0.1, 0.15) is 39.8 Å². The molecule has 106 valence electrons. The Kier molecular flexibility index (Phi) is 4.56. The summed E-state index contributed by atoms with van der Waals surface area (Å²) in [5.74, 6) is -0.272. The van der Waals surface area contributed by atoms with Crippen LogP contribution in [0.15, 0.2) is 24.3 Å². The molecule has 0 fully saturated rings. The molecule has 0 radical (unpaired) electrons. The van der Waals surface area contributed by atoms with Crippen LogP contribution >= 0.6 is 0 Å². The molecule has 0 unspecified atom stereocenters. The Hall–Kier alpha value is -2.10. The van der Waals surface area contributed by atoms with Crippen molar-refractivity contribution >= 4 is 5.97 Å². The molecule has 0 bridgehead atoms. The maximum absolute atomic E-state index is 11.9. The van der Waals surface area contributed by atoms with Crippen molar-refractivity contribution < 1.29 is 9.53 Å². The minimum absolute atomic E-state index is 0.272. The molecule has 1 N–H and O–H groups in total. The largest absolute Gasteiger partial charge is 0.462 e. The van der Waals surface area contributed by atoms with Crippen LogP contribution in [-0.2, 0) is 17.6 Å². The number of nitrogens with zero attached hydrogens (tertiary/aromatic N) is 1. The first-order chi connectivity index (χ1) is 9.61. The second-order valence-electron chi connectivity index (χ2n) is 4.85. The molecule has 1 heterocycles. The quantitative estimate of drug-likeness (QED) is 0.851. The van der Waals surface area contributed by atoms with E-state index in [1.165, 1.54) is 5.56 Å². The van der Waals surface area contributed by atoms with Crippen molar-refractivity contribution in [1.82, 2.24) is 10.2 Å². The Morgan fingerprint density at radius 3 is 2.50 bits per heavy atom. The van der Waals surface area contributed by atoms with E-state index in [1.807, 2.05) is 38.1 Å². The number of benzene rings is 1. The van der Waals surface area contributed by atoms with Crippen molar-refractivity contribution in [2.75, 3.05) is 6.61 Å². The number of aryl methyl sites for hydroxylation is 3. The van der Waals surface area contributed by atoms with E-state index in [-0.39, 0.29) is 5.97 Å². The summed E-state index contributed by atoms with van der Waals surface area (Å²) in [6, 6.07) is 7.55. The first kappa shape index (κ1) is 14.3. The summed E-state index contributed by atoms with van der Waals surface area (Å²) in [5.41, 5.74) is 4.94. The Morgan fingerprint density at radius 1 is 1.25 bits per heavy atom. The highest BCUT2D eigenvalue weighted by Crippen LogP contribution is 2.11. The fourth-order valence-corrected chi connectivity index (χ4v) is 2.15. The van der Waals surface area contributed by atoms with Gasteiger partial charge < -0.3 is 4.74 Å². The Balaban J connectivity index is 1.89. The molecule has 4 heteroatoms. The number of H-pyrrole nitrogens is 1. The number of aromatic nitrogens is 2. The van der Waals surface area contributed by atoms with Gasteiger partial charge in [-0.15, -0.1) is 0 Å². The summed E-state index contributed by atoms with van der Waals surface area (Å²) < 4.78 is 5.30. The van der Waals surface area contributed by atoms with Gasteiger partial charge in [0.15, 0.2) is 0 Å². The molecule has 0 saturated carbocycles.